The van der Waals surface area contributed by atoms with Crippen molar-refractivity contribution in [3.63, 3.8) is 0 Å². The number of benzene rings is 1. The highest BCUT2D eigenvalue weighted by Gasteiger charge is 2.24. The lowest BCUT2D eigenvalue weighted by Gasteiger charge is -2.06. The number of aromatic nitrogens is 2. The number of fused-ring (bicyclic) bond motifs is 2. The van der Waals surface area contributed by atoms with Crippen LogP contribution in [-0.4, -0.2) is 28.0 Å². The van der Waals surface area contributed by atoms with Crippen LogP contribution in [0.15, 0.2) is 29.1 Å². The van der Waals surface area contributed by atoms with Crippen molar-refractivity contribution in [2.75, 3.05) is 11.9 Å². The molecule has 1 N–H and O–H groups in total. The maximum Gasteiger partial charge on any atom is 0.349 e. The van der Waals surface area contributed by atoms with E-state index < -0.39 is 24.3 Å². The minimum atomic E-state index is -0.681. The number of amides is 1. The molecule has 0 saturated heterocycles. The van der Waals surface area contributed by atoms with Crippen LogP contribution in [0.25, 0.3) is 10.2 Å². The molecule has 0 bridgehead atoms. The second-order valence-electron chi connectivity index (χ2n) is 6.46. The van der Waals surface area contributed by atoms with E-state index >= 15 is 0 Å². The Balaban J connectivity index is 1.49. The summed E-state index contributed by atoms with van der Waals surface area (Å²) >= 11 is 1.10. The van der Waals surface area contributed by atoms with Gasteiger partial charge in [-0.3, -0.25) is 14.2 Å². The molecule has 4 rings (SSSR count). The van der Waals surface area contributed by atoms with Gasteiger partial charge < -0.3 is 10.1 Å². The quantitative estimate of drug-likeness (QED) is 0.679. The van der Waals surface area contributed by atoms with E-state index in [4.69, 9.17) is 4.74 Å². The molecule has 1 aromatic carbocycles. The number of halogens is 1. The highest BCUT2D eigenvalue weighted by Crippen LogP contribution is 2.29. The molecule has 0 atom stereocenters. The van der Waals surface area contributed by atoms with Gasteiger partial charge in [0.05, 0.1) is 5.39 Å². The molecule has 7 nitrogen and oxygen atoms in total. The second-order valence-corrected chi connectivity index (χ2v) is 7.45. The zero-order chi connectivity index (χ0) is 19.8. The average molecular weight is 401 g/mol. The molecule has 0 saturated carbocycles. The zero-order valence-corrected chi connectivity index (χ0v) is 15.8. The van der Waals surface area contributed by atoms with E-state index in [9.17, 15) is 18.8 Å². The van der Waals surface area contributed by atoms with Crippen LogP contribution in [0.5, 0.6) is 0 Å². The van der Waals surface area contributed by atoms with Crippen LogP contribution in [-0.2, 0) is 22.5 Å². The van der Waals surface area contributed by atoms with Crippen molar-refractivity contribution in [2.24, 2.45) is 0 Å². The Morgan fingerprint density at radius 1 is 1.32 bits per heavy atom. The lowest BCUT2D eigenvalue weighted by molar-refractivity contribution is -0.119. The maximum atomic E-state index is 12.9. The lowest BCUT2D eigenvalue weighted by atomic mass is 10.2. The van der Waals surface area contributed by atoms with Crippen molar-refractivity contribution in [1.82, 2.24) is 9.55 Å². The Morgan fingerprint density at radius 2 is 2.07 bits per heavy atom. The molecule has 1 aliphatic heterocycles. The molecule has 1 aliphatic rings. The molecule has 28 heavy (non-hydrogen) atoms. The first-order chi connectivity index (χ1) is 13.4. The standard InChI is InChI=1S/C19H16FN3O4S/c1-10-15-17(22-13-3-2-8-23(13)18(15)25)28-16(10)19(26)27-9-14(24)21-12-6-4-11(20)5-7-12/h4-7H,2-3,8-9H2,1H3,(H,21,24). The van der Waals surface area contributed by atoms with Gasteiger partial charge in [-0.2, -0.15) is 0 Å². The Hall–Kier alpha value is -3.07. The number of nitrogens with zero attached hydrogens (tertiary/aromatic N) is 2. The lowest BCUT2D eigenvalue weighted by Crippen LogP contribution is -2.21. The molecule has 9 heteroatoms. The first kappa shape index (κ1) is 18.3. The number of carbonyl (C=O) groups excluding carboxylic acids is 2. The first-order valence-electron chi connectivity index (χ1n) is 8.69. The third-order valence-corrected chi connectivity index (χ3v) is 5.72. The first-order valence-corrected chi connectivity index (χ1v) is 9.51. The summed E-state index contributed by atoms with van der Waals surface area (Å²) in [5.41, 5.74) is 0.773. The van der Waals surface area contributed by atoms with E-state index in [1.807, 2.05) is 0 Å². The Kier molecular flexibility index (Phi) is 4.68. The minimum Gasteiger partial charge on any atom is -0.451 e. The summed E-state index contributed by atoms with van der Waals surface area (Å²) in [4.78, 5) is 42.3. The van der Waals surface area contributed by atoms with Crippen molar-refractivity contribution in [3.05, 3.63) is 56.7 Å². The number of rotatable bonds is 4. The highest BCUT2D eigenvalue weighted by molar-refractivity contribution is 7.20. The van der Waals surface area contributed by atoms with Gasteiger partial charge >= 0.3 is 5.97 Å². The number of hydrogen-bond acceptors (Lipinski definition) is 6. The summed E-state index contributed by atoms with van der Waals surface area (Å²) in [6, 6.07) is 5.24. The summed E-state index contributed by atoms with van der Waals surface area (Å²) in [5.74, 6) is -0.910. The van der Waals surface area contributed by atoms with E-state index in [0.29, 0.717) is 28.0 Å². The number of carbonyl (C=O) groups is 2. The fraction of sp³-hybridized carbons (Fsp3) is 0.263. The molecule has 2 aromatic heterocycles. The van der Waals surface area contributed by atoms with Crippen molar-refractivity contribution >= 4 is 39.1 Å². The predicted octanol–water partition coefficient (Wildman–Crippen LogP) is 2.65. The van der Waals surface area contributed by atoms with E-state index in [2.05, 4.69) is 10.3 Å². The number of esters is 1. The number of nitrogens with one attached hydrogen (secondary N) is 1. The van der Waals surface area contributed by atoms with Crippen LogP contribution in [0.1, 0.15) is 27.5 Å². The number of hydrogen-bond donors (Lipinski definition) is 1. The average Bonchev–Trinajstić information content (AvgIpc) is 3.27. The third-order valence-electron chi connectivity index (χ3n) is 4.56. The molecular formula is C19H16FN3O4S. The van der Waals surface area contributed by atoms with Crippen molar-refractivity contribution in [2.45, 2.75) is 26.3 Å². The van der Waals surface area contributed by atoms with Gasteiger partial charge in [0.2, 0.25) is 0 Å². The molecular weight excluding hydrogens is 385 g/mol. The summed E-state index contributed by atoms with van der Waals surface area (Å²) < 4.78 is 19.6. The molecule has 0 unspecified atom stereocenters. The molecule has 0 fully saturated rings. The van der Waals surface area contributed by atoms with E-state index in [1.165, 1.54) is 24.3 Å². The number of aryl methyl sites for hydroxylation is 2. The molecule has 3 heterocycles. The SMILES string of the molecule is Cc1c(C(=O)OCC(=O)Nc2ccc(F)cc2)sc2nc3n(c(=O)c12)CCC3. The van der Waals surface area contributed by atoms with Gasteiger partial charge in [-0.1, -0.05) is 0 Å². The molecule has 144 valence electrons. The van der Waals surface area contributed by atoms with Crippen molar-refractivity contribution < 1.29 is 18.7 Å². The minimum absolute atomic E-state index is 0.139. The van der Waals surface area contributed by atoms with Crippen LogP contribution in [0, 0.1) is 12.7 Å². The Labute approximate surface area is 162 Å². The Bertz CT molecular complexity index is 1150. The third kappa shape index (κ3) is 3.29. The highest BCUT2D eigenvalue weighted by atomic mass is 32.1. The largest absolute Gasteiger partial charge is 0.451 e. The zero-order valence-electron chi connectivity index (χ0n) is 15.0. The van der Waals surface area contributed by atoms with Crippen LogP contribution >= 0.6 is 11.3 Å². The number of thiophene rings is 1. The predicted molar refractivity (Wildman–Crippen MR) is 102 cm³/mol. The van der Waals surface area contributed by atoms with E-state index in [0.717, 1.165) is 30.0 Å². The van der Waals surface area contributed by atoms with Gasteiger partial charge in [0, 0.05) is 18.7 Å². The second kappa shape index (κ2) is 7.16. The van der Waals surface area contributed by atoms with Gasteiger partial charge in [0.25, 0.3) is 11.5 Å². The summed E-state index contributed by atoms with van der Waals surface area (Å²) in [5, 5.41) is 2.94. The fourth-order valence-corrected chi connectivity index (χ4v) is 4.28. The van der Waals surface area contributed by atoms with Gasteiger partial charge in [0.1, 0.15) is 21.3 Å². The summed E-state index contributed by atoms with van der Waals surface area (Å²) in [6.07, 6.45) is 1.63. The normalized spacial score (nSPS) is 12.8. The molecule has 1 amide bonds. The van der Waals surface area contributed by atoms with Crippen LogP contribution in [0.2, 0.25) is 0 Å². The van der Waals surface area contributed by atoms with E-state index in [-0.39, 0.29) is 10.4 Å². The topological polar surface area (TPSA) is 90.3 Å². The van der Waals surface area contributed by atoms with Gasteiger partial charge in [-0.05, 0) is 43.2 Å². The number of ether oxygens (including phenoxy) is 1. The van der Waals surface area contributed by atoms with Crippen molar-refractivity contribution in [3.8, 4) is 0 Å². The molecule has 3 aromatic rings. The maximum absolute atomic E-state index is 12.9. The van der Waals surface area contributed by atoms with Crippen LogP contribution < -0.4 is 10.9 Å². The van der Waals surface area contributed by atoms with Crippen molar-refractivity contribution in [1.29, 1.82) is 0 Å². The smallest absolute Gasteiger partial charge is 0.349 e. The molecule has 0 spiro atoms. The fourth-order valence-electron chi connectivity index (χ4n) is 3.20. The monoisotopic (exact) mass is 401 g/mol. The van der Waals surface area contributed by atoms with Gasteiger partial charge in [-0.25, -0.2) is 14.2 Å². The Morgan fingerprint density at radius 3 is 2.82 bits per heavy atom. The summed E-state index contributed by atoms with van der Waals surface area (Å²) in [6.45, 7) is 1.82. The van der Waals surface area contributed by atoms with Gasteiger partial charge in [-0.15, -0.1) is 11.3 Å². The van der Waals surface area contributed by atoms with E-state index in [1.54, 1.807) is 11.5 Å². The number of anilines is 1. The van der Waals surface area contributed by atoms with Crippen LogP contribution in [0.4, 0.5) is 10.1 Å². The summed E-state index contributed by atoms with van der Waals surface area (Å²) in [7, 11) is 0. The molecule has 0 aliphatic carbocycles. The van der Waals surface area contributed by atoms with Gasteiger partial charge in [0.15, 0.2) is 6.61 Å². The van der Waals surface area contributed by atoms with Crippen LogP contribution in [0.3, 0.4) is 0 Å². The molecule has 0 radical (unpaired) electrons.